The smallest absolute Gasteiger partial charge is 0.282 e. The minimum Gasteiger partial charge on any atom is -0.350 e. The molecule has 6 heteroatoms. The van der Waals surface area contributed by atoms with E-state index in [0.717, 1.165) is 26.9 Å². The zero-order valence-electron chi connectivity index (χ0n) is 16.6. The summed E-state index contributed by atoms with van der Waals surface area (Å²) in [6.45, 7) is 1.85. The number of imide groups is 1. The van der Waals surface area contributed by atoms with Gasteiger partial charge in [-0.25, -0.2) is 4.90 Å². The Labute approximate surface area is 188 Å². The van der Waals surface area contributed by atoms with Gasteiger partial charge in [0.1, 0.15) is 5.70 Å². The van der Waals surface area contributed by atoms with E-state index >= 15 is 0 Å². The van der Waals surface area contributed by atoms with Gasteiger partial charge in [-0.2, -0.15) is 0 Å². The molecular weight excluding hydrogens is 428 g/mol. The third kappa shape index (κ3) is 3.32. The Morgan fingerprint density at radius 1 is 0.903 bits per heavy atom. The van der Waals surface area contributed by atoms with E-state index in [1.165, 1.54) is 16.2 Å². The highest BCUT2D eigenvalue weighted by Crippen LogP contribution is 2.38. The Hall–Kier alpha value is -3.41. The van der Waals surface area contributed by atoms with Crippen LogP contribution in [0.3, 0.4) is 0 Å². The van der Waals surface area contributed by atoms with Crippen LogP contribution in [0.5, 0.6) is 0 Å². The van der Waals surface area contributed by atoms with Crippen molar-refractivity contribution in [3.05, 3.63) is 99.3 Å². The Balaban J connectivity index is 1.66. The van der Waals surface area contributed by atoms with Gasteiger partial charge in [-0.15, -0.1) is 11.3 Å². The number of rotatable bonds is 4. The fourth-order valence-electron chi connectivity index (χ4n) is 3.81. The van der Waals surface area contributed by atoms with Crippen LogP contribution in [0.4, 0.5) is 11.4 Å². The minimum atomic E-state index is -0.397. The van der Waals surface area contributed by atoms with Crippen molar-refractivity contribution in [1.29, 1.82) is 0 Å². The molecule has 0 spiro atoms. The Bertz CT molecular complexity index is 1370. The molecule has 0 atom stereocenters. The molecule has 152 valence electrons. The van der Waals surface area contributed by atoms with Crippen LogP contribution in [0, 0.1) is 6.92 Å². The van der Waals surface area contributed by atoms with E-state index in [0.29, 0.717) is 16.3 Å². The van der Waals surface area contributed by atoms with Crippen molar-refractivity contribution in [2.75, 3.05) is 10.2 Å². The van der Waals surface area contributed by atoms with Crippen LogP contribution in [0.1, 0.15) is 10.4 Å². The molecule has 2 heterocycles. The summed E-state index contributed by atoms with van der Waals surface area (Å²) in [6, 6.07) is 22.7. The Morgan fingerprint density at radius 3 is 2.52 bits per heavy atom. The monoisotopic (exact) mass is 444 g/mol. The van der Waals surface area contributed by atoms with Crippen LogP contribution in [-0.4, -0.2) is 11.8 Å². The topological polar surface area (TPSA) is 49.4 Å². The number of fused-ring (bicyclic) bond motifs is 1. The number of carbonyl (C=O) groups excluding carboxylic acids is 2. The van der Waals surface area contributed by atoms with Crippen LogP contribution in [0.2, 0.25) is 5.02 Å². The van der Waals surface area contributed by atoms with E-state index in [2.05, 4.69) is 5.32 Å². The molecule has 31 heavy (non-hydrogen) atoms. The van der Waals surface area contributed by atoms with Gasteiger partial charge in [0.25, 0.3) is 11.8 Å². The maximum Gasteiger partial charge on any atom is 0.282 e. The van der Waals surface area contributed by atoms with Crippen molar-refractivity contribution in [3.63, 3.8) is 0 Å². The molecule has 1 aliphatic rings. The molecular formula is C25H17ClN2O2S. The second-order valence-electron chi connectivity index (χ2n) is 7.26. The average Bonchev–Trinajstić information content (AvgIpc) is 3.37. The molecule has 2 amide bonds. The summed E-state index contributed by atoms with van der Waals surface area (Å²) in [5, 5.41) is 7.66. The largest absolute Gasteiger partial charge is 0.350 e. The maximum absolute atomic E-state index is 13.6. The molecule has 1 N–H and O–H groups in total. The van der Waals surface area contributed by atoms with Gasteiger partial charge in [-0.05, 0) is 47.5 Å². The highest BCUT2D eigenvalue weighted by molar-refractivity contribution is 7.11. The maximum atomic E-state index is 13.6. The van der Waals surface area contributed by atoms with Gasteiger partial charge in [0.2, 0.25) is 0 Å². The van der Waals surface area contributed by atoms with Crippen molar-refractivity contribution in [2.24, 2.45) is 0 Å². The molecule has 0 saturated heterocycles. The molecule has 0 saturated carbocycles. The lowest BCUT2D eigenvalue weighted by atomic mass is 10.1. The molecule has 0 unspecified atom stereocenters. The number of nitrogens with zero attached hydrogens (tertiary/aromatic N) is 1. The molecule has 5 rings (SSSR count). The first-order chi connectivity index (χ1) is 15.0. The van der Waals surface area contributed by atoms with Crippen molar-refractivity contribution in [3.8, 4) is 0 Å². The summed E-state index contributed by atoms with van der Waals surface area (Å²) in [5.74, 6) is -0.757. The molecule has 1 aromatic heterocycles. The summed E-state index contributed by atoms with van der Waals surface area (Å²) in [6.07, 6.45) is 0. The van der Waals surface area contributed by atoms with Crippen molar-refractivity contribution < 1.29 is 9.59 Å². The van der Waals surface area contributed by atoms with E-state index in [4.69, 9.17) is 11.6 Å². The third-order valence-electron chi connectivity index (χ3n) is 5.31. The van der Waals surface area contributed by atoms with Gasteiger partial charge in [0.05, 0.1) is 11.3 Å². The van der Waals surface area contributed by atoms with Gasteiger partial charge < -0.3 is 5.32 Å². The van der Waals surface area contributed by atoms with E-state index in [9.17, 15) is 9.59 Å². The second kappa shape index (κ2) is 7.69. The number of halogens is 1. The zero-order chi connectivity index (χ0) is 21.5. The number of amides is 2. The van der Waals surface area contributed by atoms with Crippen LogP contribution in [0.15, 0.2) is 83.9 Å². The molecule has 0 aliphatic carbocycles. The summed E-state index contributed by atoms with van der Waals surface area (Å²) in [7, 11) is 0. The third-order valence-corrected chi connectivity index (χ3v) is 6.44. The predicted octanol–water partition coefficient (Wildman–Crippen LogP) is 6.26. The van der Waals surface area contributed by atoms with E-state index in [1.54, 1.807) is 18.2 Å². The molecule has 1 aliphatic heterocycles. The molecule has 4 aromatic rings. The van der Waals surface area contributed by atoms with Gasteiger partial charge in [-0.3, -0.25) is 9.59 Å². The number of hydrogen-bond donors (Lipinski definition) is 1. The number of aryl methyl sites for hydroxylation is 1. The summed E-state index contributed by atoms with van der Waals surface area (Å²) in [4.78, 5) is 29.0. The van der Waals surface area contributed by atoms with Gasteiger partial charge in [-0.1, -0.05) is 60.1 Å². The predicted molar refractivity (Wildman–Crippen MR) is 127 cm³/mol. The van der Waals surface area contributed by atoms with Crippen LogP contribution in [-0.2, 0) is 9.59 Å². The number of anilines is 2. The van der Waals surface area contributed by atoms with Crippen LogP contribution in [0.25, 0.3) is 16.3 Å². The van der Waals surface area contributed by atoms with Crippen LogP contribution < -0.4 is 10.2 Å². The van der Waals surface area contributed by atoms with Gasteiger partial charge >= 0.3 is 0 Å². The number of nitrogens with one attached hydrogen (secondary N) is 1. The second-order valence-corrected chi connectivity index (χ2v) is 8.64. The number of carbonyl (C=O) groups is 2. The lowest BCUT2D eigenvalue weighted by Gasteiger charge is -2.18. The summed E-state index contributed by atoms with van der Waals surface area (Å²) in [5.41, 5.74) is 2.69. The van der Waals surface area contributed by atoms with E-state index in [-0.39, 0.29) is 11.6 Å². The number of thiophene rings is 1. The number of benzene rings is 3. The highest BCUT2D eigenvalue weighted by atomic mass is 35.5. The zero-order valence-corrected chi connectivity index (χ0v) is 18.1. The Kier molecular flexibility index (Phi) is 4.85. The minimum absolute atomic E-state index is 0.267. The van der Waals surface area contributed by atoms with Crippen molar-refractivity contribution >= 4 is 62.5 Å². The first-order valence-corrected chi connectivity index (χ1v) is 11.0. The first kappa shape index (κ1) is 19.5. The number of hydrogen-bond acceptors (Lipinski definition) is 4. The molecule has 4 nitrogen and oxygen atoms in total. The van der Waals surface area contributed by atoms with Crippen molar-refractivity contribution in [1.82, 2.24) is 0 Å². The normalized spacial score (nSPS) is 14.1. The molecule has 0 bridgehead atoms. The highest BCUT2D eigenvalue weighted by Gasteiger charge is 2.41. The SMILES string of the molecule is Cc1ccc(Cl)cc1N1C(=O)C(Nc2cccc3ccccc23)=C(c2cccs2)C1=O. The fourth-order valence-corrected chi connectivity index (χ4v) is 4.74. The molecule has 3 aromatic carbocycles. The lowest BCUT2D eigenvalue weighted by molar-refractivity contribution is -0.120. The quantitative estimate of drug-likeness (QED) is 0.378. The average molecular weight is 445 g/mol. The first-order valence-electron chi connectivity index (χ1n) is 9.72. The summed E-state index contributed by atoms with van der Waals surface area (Å²) < 4.78 is 0. The van der Waals surface area contributed by atoms with Crippen LogP contribution >= 0.6 is 22.9 Å². The lowest BCUT2D eigenvalue weighted by Crippen LogP contribution is -2.33. The Morgan fingerprint density at radius 2 is 1.71 bits per heavy atom. The summed E-state index contributed by atoms with van der Waals surface area (Å²) >= 11 is 7.61. The standard InChI is InChI=1S/C25H17ClN2O2S/c1-15-11-12-17(26)14-20(15)28-24(29)22(21-10-5-13-31-21)23(25(28)30)27-19-9-4-7-16-6-2-3-8-18(16)19/h2-14,27H,1H3. The van der Waals surface area contributed by atoms with E-state index < -0.39 is 5.91 Å². The fraction of sp³-hybridized carbons (Fsp3) is 0.0400. The van der Waals surface area contributed by atoms with Gasteiger partial charge in [0.15, 0.2) is 0 Å². The van der Waals surface area contributed by atoms with Gasteiger partial charge in [0, 0.05) is 21.0 Å². The van der Waals surface area contributed by atoms with Crippen molar-refractivity contribution in [2.45, 2.75) is 6.92 Å². The molecule has 0 radical (unpaired) electrons. The molecule has 0 fully saturated rings. The van der Waals surface area contributed by atoms with E-state index in [1.807, 2.05) is 66.9 Å².